The van der Waals surface area contributed by atoms with Gasteiger partial charge in [0.2, 0.25) is 5.91 Å². The number of urea groups is 1. The van der Waals surface area contributed by atoms with Gasteiger partial charge in [0.1, 0.15) is 11.9 Å². The number of nitrogens with one attached hydrogen (secondary N) is 1. The smallest absolute Gasteiger partial charge is 0.324 e. The molecule has 0 unspecified atom stereocenters. The molecule has 2 saturated heterocycles. The molecular formula is C25H38N4O4. The largest absolute Gasteiger partial charge is 0.486 e. The number of anilines is 1. The first kappa shape index (κ1) is 23.8. The second-order valence-corrected chi connectivity index (χ2v) is 9.37. The molecule has 0 aliphatic carbocycles. The summed E-state index contributed by atoms with van der Waals surface area (Å²) in [5.74, 6) is 0.890. The monoisotopic (exact) mass is 458 g/mol. The predicted octanol–water partition coefficient (Wildman–Crippen LogP) is 2.64. The first-order valence-corrected chi connectivity index (χ1v) is 12.5. The number of rotatable bonds is 6. The number of piperidine rings is 1. The van der Waals surface area contributed by atoms with E-state index in [-0.39, 0.29) is 24.0 Å². The Bertz CT molecular complexity index is 819. The van der Waals surface area contributed by atoms with Crippen molar-refractivity contribution in [3.05, 3.63) is 23.8 Å². The van der Waals surface area contributed by atoms with Crippen molar-refractivity contribution in [1.82, 2.24) is 15.1 Å². The van der Waals surface area contributed by atoms with Crippen LogP contribution in [0.4, 0.5) is 10.5 Å². The fourth-order valence-electron chi connectivity index (χ4n) is 4.84. The first-order chi connectivity index (χ1) is 16.0. The Kier molecular flexibility index (Phi) is 8.09. The van der Waals surface area contributed by atoms with Gasteiger partial charge in [0, 0.05) is 38.6 Å². The van der Waals surface area contributed by atoms with Crippen molar-refractivity contribution in [2.75, 3.05) is 63.9 Å². The number of carbonyl (C=O) groups excluding carboxylic acids is 2. The van der Waals surface area contributed by atoms with Crippen LogP contribution >= 0.6 is 0 Å². The summed E-state index contributed by atoms with van der Waals surface area (Å²) in [6, 6.07) is 6.02. The predicted molar refractivity (Wildman–Crippen MR) is 128 cm³/mol. The maximum atomic E-state index is 13.4. The molecule has 3 aliphatic heterocycles. The van der Waals surface area contributed by atoms with Gasteiger partial charge in [0.25, 0.3) is 0 Å². The van der Waals surface area contributed by atoms with Gasteiger partial charge in [0.15, 0.2) is 0 Å². The van der Waals surface area contributed by atoms with Crippen LogP contribution in [0.2, 0.25) is 0 Å². The quantitative estimate of drug-likeness (QED) is 0.664. The SMILES string of the molecule is CC[C@H]1CN(C(=O)N2CCC(C(=O)NCCCN3CCOCC3)CC2)c2cc(C)ccc2O1. The Morgan fingerprint density at radius 1 is 1.12 bits per heavy atom. The summed E-state index contributed by atoms with van der Waals surface area (Å²) >= 11 is 0. The van der Waals surface area contributed by atoms with Crippen molar-refractivity contribution in [3.8, 4) is 5.75 Å². The first-order valence-electron chi connectivity index (χ1n) is 12.5. The lowest BCUT2D eigenvalue weighted by Gasteiger charge is -2.39. The maximum Gasteiger partial charge on any atom is 0.324 e. The molecule has 2 fully saturated rings. The van der Waals surface area contributed by atoms with E-state index in [1.165, 1.54) is 0 Å². The Balaban J connectivity index is 1.25. The van der Waals surface area contributed by atoms with Crippen molar-refractivity contribution in [2.45, 2.75) is 45.6 Å². The number of likely N-dealkylation sites (tertiary alicyclic amines) is 1. The number of carbonyl (C=O) groups is 2. The van der Waals surface area contributed by atoms with Crippen LogP contribution in [-0.2, 0) is 9.53 Å². The molecule has 4 rings (SSSR count). The van der Waals surface area contributed by atoms with Crippen LogP contribution in [0.3, 0.4) is 0 Å². The molecule has 3 aliphatic rings. The summed E-state index contributed by atoms with van der Waals surface area (Å²) in [7, 11) is 0. The maximum absolute atomic E-state index is 13.4. The summed E-state index contributed by atoms with van der Waals surface area (Å²) < 4.78 is 11.4. The van der Waals surface area contributed by atoms with E-state index in [1.807, 2.05) is 34.9 Å². The zero-order chi connectivity index (χ0) is 23.2. The molecule has 0 aromatic heterocycles. The van der Waals surface area contributed by atoms with Gasteiger partial charge in [-0.3, -0.25) is 14.6 Å². The van der Waals surface area contributed by atoms with Gasteiger partial charge in [-0.25, -0.2) is 4.79 Å². The summed E-state index contributed by atoms with van der Waals surface area (Å²) in [6.45, 7) is 11.2. The Labute approximate surface area is 197 Å². The number of nitrogens with zero attached hydrogens (tertiary/aromatic N) is 3. The standard InChI is InChI=1S/C25H38N4O4/c1-3-21-18-29(22-17-19(2)5-6-23(22)33-21)25(31)28-11-7-20(8-12-28)24(30)26-9-4-10-27-13-15-32-16-14-27/h5-6,17,20-21H,3-4,7-16,18H2,1-2H3,(H,26,30)/t21-/m0/s1. The van der Waals surface area contributed by atoms with Gasteiger partial charge in [-0.2, -0.15) is 0 Å². The van der Waals surface area contributed by atoms with Crippen molar-refractivity contribution in [2.24, 2.45) is 5.92 Å². The van der Waals surface area contributed by atoms with Crippen LogP contribution in [0.15, 0.2) is 18.2 Å². The van der Waals surface area contributed by atoms with Crippen molar-refractivity contribution < 1.29 is 19.1 Å². The van der Waals surface area contributed by atoms with Crippen LogP contribution in [0, 0.1) is 12.8 Å². The molecule has 1 atom stereocenters. The number of fused-ring (bicyclic) bond motifs is 1. The highest BCUT2D eigenvalue weighted by Crippen LogP contribution is 2.36. The number of hydrogen-bond acceptors (Lipinski definition) is 5. The Morgan fingerprint density at radius 3 is 2.61 bits per heavy atom. The summed E-state index contributed by atoms with van der Waals surface area (Å²) in [4.78, 5) is 32.2. The number of hydrogen-bond donors (Lipinski definition) is 1. The Hall–Kier alpha value is -2.32. The lowest BCUT2D eigenvalue weighted by atomic mass is 9.96. The van der Waals surface area contributed by atoms with Crippen LogP contribution in [-0.4, -0.2) is 86.9 Å². The van der Waals surface area contributed by atoms with E-state index in [2.05, 4.69) is 17.1 Å². The molecule has 8 nitrogen and oxygen atoms in total. The summed E-state index contributed by atoms with van der Waals surface area (Å²) in [6.07, 6.45) is 3.24. The third kappa shape index (κ3) is 5.98. The molecule has 3 amide bonds. The second-order valence-electron chi connectivity index (χ2n) is 9.37. The third-order valence-electron chi connectivity index (χ3n) is 6.96. The molecule has 0 radical (unpaired) electrons. The van der Waals surface area contributed by atoms with E-state index in [1.54, 1.807) is 0 Å². The molecular weight excluding hydrogens is 420 g/mol. The van der Waals surface area contributed by atoms with Crippen LogP contribution in [0.1, 0.15) is 38.2 Å². The highest BCUT2D eigenvalue weighted by Gasteiger charge is 2.34. The zero-order valence-electron chi connectivity index (χ0n) is 20.1. The average Bonchev–Trinajstić information content (AvgIpc) is 2.86. The molecule has 1 N–H and O–H groups in total. The highest BCUT2D eigenvalue weighted by atomic mass is 16.5. The molecule has 0 spiro atoms. The fraction of sp³-hybridized carbons (Fsp3) is 0.680. The number of morpholine rings is 1. The van der Waals surface area contributed by atoms with Crippen LogP contribution in [0.5, 0.6) is 5.75 Å². The van der Waals surface area contributed by atoms with Crippen molar-refractivity contribution >= 4 is 17.6 Å². The minimum absolute atomic E-state index is 0.00457. The molecule has 33 heavy (non-hydrogen) atoms. The number of aryl methyl sites for hydroxylation is 1. The lowest BCUT2D eigenvalue weighted by Crippen LogP contribution is -2.52. The number of benzene rings is 1. The summed E-state index contributed by atoms with van der Waals surface area (Å²) in [5, 5.41) is 3.10. The van der Waals surface area contributed by atoms with Gasteiger partial charge in [-0.1, -0.05) is 13.0 Å². The molecule has 1 aromatic rings. The average molecular weight is 459 g/mol. The molecule has 0 bridgehead atoms. The number of ether oxygens (including phenoxy) is 2. The topological polar surface area (TPSA) is 74.4 Å². The van der Waals surface area contributed by atoms with E-state index < -0.39 is 0 Å². The minimum Gasteiger partial charge on any atom is -0.486 e. The van der Waals surface area contributed by atoms with Gasteiger partial charge in [-0.15, -0.1) is 0 Å². The van der Waals surface area contributed by atoms with Gasteiger partial charge in [0.05, 0.1) is 25.4 Å². The zero-order valence-corrected chi connectivity index (χ0v) is 20.1. The van der Waals surface area contributed by atoms with Gasteiger partial charge in [-0.05, 0) is 56.8 Å². The molecule has 3 heterocycles. The second kappa shape index (κ2) is 11.2. The highest BCUT2D eigenvalue weighted by molar-refractivity contribution is 5.94. The minimum atomic E-state index is -0.0138. The third-order valence-corrected chi connectivity index (χ3v) is 6.96. The fourth-order valence-corrected chi connectivity index (χ4v) is 4.84. The van der Waals surface area contributed by atoms with Gasteiger partial charge >= 0.3 is 6.03 Å². The van der Waals surface area contributed by atoms with E-state index in [9.17, 15) is 9.59 Å². The van der Waals surface area contributed by atoms with Crippen LogP contribution in [0.25, 0.3) is 0 Å². The van der Waals surface area contributed by atoms with E-state index >= 15 is 0 Å². The van der Waals surface area contributed by atoms with Gasteiger partial charge < -0.3 is 19.7 Å². The molecule has 0 saturated carbocycles. The normalized spacial score (nSPS) is 21.9. The Morgan fingerprint density at radius 2 is 1.88 bits per heavy atom. The molecule has 182 valence electrons. The number of amides is 3. The molecule has 1 aromatic carbocycles. The van der Waals surface area contributed by atoms with Crippen molar-refractivity contribution in [3.63, 3.8) is 0 Å². The van der Waals surface area contributed by atoms with E-state index in [0.717, 1.165) is 62.7 Å². The lowest BCUT2D eigenvalue weighted by molar-refractivity contribution is -0.126. The van der Waals surface area contributed by atoms with E-state index in [4.69, 9.17) is 9.47 Å². The van der Waals surface area contributed by atoms with Crippen LogP contribution < -0.4 is 15.0 Å². The summed E-state index contributed by atoms with van der Waals surface area (Å²) in [5.41, 5.74) is 1.96. The van der Waals surface area contributed by atoms with E-state index in [0.29, 0.717) is 39.0 Å². The van der Waals surface area contributed by atoms with Crippen molar-refractivity contribution in [1.29, 1.82) is 0 Å². The molecule has 8 heteroatoms.